The first-order valence-electron chi connectivity index (χ1n) is 10.5. The Morgan fingerprint density at radius 1 is 1.00 bits per heavy atom. The van der Waals surface area contributed by atoms with E-state index >= 15 is 0 Å². The minimum Gasteiger partial charge on any atom is -0.461 e. The summed E-state index contributed by atoms with van der Waals surface area (Å²) in [5.41, 5.74) is 9.06. The highest BCUT2D eigenvalue weighted by molar-refractivity contribution is 7.99. The summed E-state index contributed by atoms with van der Waals surface area (Å²) in [6.45, 7) is 3.03. The van der Waals surface area contributed by atoms with Gasteiger partial charge in [-0.15, -0.1) is 0 Å². The van der Waals surface area contributed by atoms with Crippen LogP contribution in [0.4, 0.5) is 5.82 Å². The third kappa shape index (κ3) is 4.67. The Kier molecular flexibility index (Phi) is 6.69. The monoisotopic (exact) mass is 421 g/mol. The molecule has 0 fully saturated rings. The van der Waals surface area contributed by atoms with E-state index < -0.39 is 0 Å². The lowest BCUT2D eigenvalue weighted by Gasteiger charge is -2.08. The number of hydrogen-bond acceptors (Lipinski definition) is 6. The molecule has 0 unspecified atom stereocenters. The van der Waals surface area contributed by atoms with Crippen molar-refractivity contribution in [2.45, 2.75) is 50.7 Å². The number of imidazole rings is 1. The Hall–Kier alpha value is -2.80. The van der Waals surface area contributed by atoms with E-state index in [0.29, 0.717) is 16.5 Å². The van der Waals surface area contributed by atoms with E-state index in [1.165, 1.54) is 5.56 Å². The molecule has 1 aromatic carbocycles. The SMILES string of the molecule is CCCCCn1c(-c2ccco2)nc2c(N)nc(SCCCc3ccccc3)nc21. The van der Waals surface area contributed by atoms with Crippen LogP contribution in [-0.4, -0.2) is 25.3 Å². The van der Waals surface area contributed by atoms with Gasteiger partial charge in [0.1, 0.15) is 0 Å². The second kappa shape index (κ2) is 9.80. The molecule has 7 heteroatoms. The van der Waals surface area contributed by atoms with Crippen molar-refractivity contribution in [1.82, 2.24) is 19.5 Å². The van der Waals surface area contributed by atoms with Crippen LogP contribution in [0.25, 0.3) is 22.7 Å². The smallest absolute Gasteiger partial charge is 0.191 e. The second-order valence-corrected chi connectivity index (χ2v) is 8.33. The fraction of sp³-hybridized carbons (Fsp3) is 0.348. The lowest BCUT2D eigenvalue weighted by Crippen LogP contribution is -2.04. The van der Waals surface area contributed by atoms with Gasteiger partial charge < -0.3 is 14.7 Å². The van der Waals surface area contributed by atoms with Gasteiger partial charge in [-0.05, 0) is 37.0 Å². The molecule has 0 aliphatic heterocycles. The topological polar surface area (TPSA) is 82.8 Å². The summed E-state index contributed by atoms with van der Waals surface area (Å²) in [6, 6.07) is 14.3. The summed E-state index contributed by atoms with van der Waals surface area (Å²) >= 11 is 1.65. The Balaban J connectivity index is 1.55. The number of aromatic nitrogens is 4. The standard InChI is InChI=1S/C23H27N5OS/c1-2-3-7-14-28-21(18-13-8-15-29-18)25-19-20(24)26-23(27-22(19)28)30-16-9-12-17-10-5-4-6-11-17/h4-6,8,10-11,13,15H,2-3,7,9,12,14,16H2,1H3,(H2,24,26,27). The first kappa shape index (κ1) is 20.5. The van der Waals surface area contributed by atoms with Crippen LogP contribution in [0.3, 0.4) is 0 Å². The van der Waals surface area contributed by atoms with Crippen molar-refractivity contribution < 1.29 is 4.42 Å². The predicted octanol–water partition coefficient (Wildman–Crippen LogP) is 5.58. The van der Waals surface area contributed by atoms with Gasteiger partial charge in [0, 0.05) is 12.3 Å². The number of thioether (sulfide) groups is 1. The summed E-state index contributed by atoms with van der Waals surface area (Å²) < 4.78 is 7.73. The third-order valence-corrected chi connectivity index (χ3v) is 5.95. The van der Waals surface area contributed by atoms with Crippen LogP contribution in [0.1, 0.15) is 38.2 Å². The fourth-order valence-corrected chi connectivity index (χ4v) is 4.26. The molecule has 0 bridgehead atoms. The van der Waals surface area contributed by atoms with E-state index in [1.54, 1.807) is 18.0 Å². The molecule has 3 aromatic heterocycles. The van der Waals surface area contributed by atoms with Gasteiger partial charge in [-0.2, -0.15) is 0 Å². The number of anilines is 1. The molecule has 0 spiro atoms. The van der Waals surface area contributed by atoms with E-state index in [-0.39, 0.29) is 0 Å². The van der Waals surface area contributed by atoms with Crippen LogP contribution >= 0.6 is 11.8 Å². The molecule has 2 N–H and O–H groups in total. The van der Waals surface area contributed by atoms with Gasteiger partial charge in [0.15, 0.2) is 33.7 Å². The number of nitrogens with two attached hydrogens (primary N) is 1. The molecule has 0 saturated carbocycles. The largest absolute Gasteiger partial charge is 0.461 e. The number of fused-ring (bicyclic) bond motifs is 1. The predicted molar refractivity (Wildman–Crippen MR) is 122 cm³/mol. The molecule has 30 heavy (non-hydrogen) atoms. The van der Waals surface area contributed by atoms with E-state index in [4.69, 9.17) is 20.1 Å². The maximum absolute atomic E-state index is 6.27. The van der Waals surface area contributed by atoms with Gasteiger partial charge in [0.05, 0.1) is 6.26 Å². The number of rotatable bonds is 10. The van der Waals surface area contributed by atoms with Crippen LogP contribution in [0.5, 0.6) is 0 Å². The number of benzene rings is 1. The van der Waals surface area contributed by atoms with Gasteiger partial charge in [-0.1, -0.05) is 61.9 Å². The Bertz CT molecular complexity index is 1080. The average Bonchev–Trinajstić information content (AvgIpc) is 3.41. The fourth-order valence-electron chi connectivity index (χ4n) is 3.48. The van der Waals surface area contributed by atoms with Crippen molar-refractivity contribution in [3.63, 3.8) is 0 Å². The zero-order chi connectivity index (χ0) is 20.8. The highest BCUT2D eigenvalue weighted by Crippen LogP contribution is 2.29. The lowest BCUT2D eigenvalue weighted by atomic mass is 10.1. The summed E-state index contributed by atoms with van der Waals surface area (Å²) in [5, 5.41) is 0.704. The molecule has 0 aliphatic rings. The molecule has 0 radical (unpaired) electrons. The Morgan fingerprint density at radius 3 is 2.63 bits per heavy atom. The van der Waals surface area contributed by atoms with Crippen LogP contribution in [-0.2, 0) is 13.0 Å². The van der Waals surface area contributed by atoms with Crippen molar-refractivity contribution >= 4 is 28.7 Å². The zero-order valence-electron chi connectivity index (χ0n) is 17.3. The van der Waals surface area contributed by atoms with Crippen molar-refractivity contribution in [3.8, 4) is 11.6 Å². The average molecular weight is 422 g/mol. The highest BCUT2D eigenvalue weighted by Gasteiger charge is 2.19. The molecule has 4 aromatic rings. The third-order valence-electron chi connectivity index (χ3n) is 5.01. The van der Waals surface area contributed by atoms with Crippen molar-refractivity contribution in [2.75, 3.05) is 11.5 Å². The first-order valence-corrected chi connectivity index (χ1v) is 11.5. The Labute approximate surface area is 180 Å². The van der Waals surface area contributed by atoms with Crippen LogP contribution in [0.15, 0.2) is 58.3 Å². The van der Waals surface area contributed by atoms with Gasteiger partial charge in [-0.25, -0.2) is 15.0 Å². The highest BCUT2D eigenvalue weighted by atomic mass is 32.2. The quantitative estimate of drug-likeness (QED) is 0.204. The molecule has 0 saturated heterocycles. The minimum absolute atomic E-state index is 0.424. The lowest BCUT2D eigenvalue weighted by molar-refractivity contribution is 0.560. The minimum atomic E-state index is 0.424. The van der Waals surface area contributed by atoms with Crippen LogP contribution in [0.2, 0.25) is 0 Å². The summed E-state index contributed by atoms with van der Waals surface area (Å²) in [7, 11) is 0. The molecular formula is C23H27N5OS. The molecular weight excluding hydrogens is 394 g/mol. The normalized spacial score (nSPS) is 11.4. The Morgan fingerprint density at radius 2 is 1.87 bits per heavy atom. The maximum Gasteiger partial charge on any atom is 0.191 e. The summed E-state index contributed by atoms with van der Waals surface area (Å²) in [5.74, 6) is 2.85. The number of unbranched alkanes of at least 4 members (excludes halogenated alkanes) is 2. The molecule has 0 amide bonds. The van der Waals surface area contributed by atoms with Gasteiger partial charge in [0.2, 0.25) is 0 Å². The van der Waals surface area contributed by atoms with E-state index in [0.717, 1.165) is 61.6 Å². The summed E-state index contributed by atoms with van der Waals surface area (Å²) in [4.78, 5) is 14.0. The molecule has 0 aliphatic carbocycles. The summed E-state index contributed by atoms with van der Waals surface area (Å²) in [6.07, 6.45) is 7.13. The molecule has 6 nitrogen and oxygen atoms in total. The van der Waals surface area contributed by atoms with E-state index in [9.17, 15) is 0 Å². The van der Waals surface area contributed by atoms with Gasteiger partial charge >= 0.3 is 0 Å². The second-order valence-electron chi connectivity index (χ2n) is 7.27. The van der Waals surface area contributed by atoms with Crippen molar-refractivity contribution in [2.24, 2.45) is 0 Å². The van der Waals surface area contributed by atoms with Crippen LogP contribution < -0.4 is 5.73 Å². The number of aryl methyl sites for hydroxylation is 2. The number of nitrogens with zero attached hydrogens (tertiary/aromatic N) is 4. The number of nitrogen functional groups attached to an aromatic ring is 1. The number of hydrogen-bond donors (Lipinski definition) is 1. The molecule has 156 valence electrons. The molecule has 3 heterocycles. The number of furan rings is 1. The van der Waals surface area contributed by atoms with E-state index in [1.807, 2.05) is 18.2 Å². The van der Waals surface area contributed by atoms with Crippen molar-refractivity contribution in [3.05, 3.63) is 54.3 Å². The van der Waals surface area contributed by atoms with Crippen molar-refractivity contribution in [1.29, 1.82) is 0 Å². The van der Waals surface area contributed by atoms with Gasteiger partial charge in [-0.3, -0.25) is 0 Å². The zero-order valence-corrected chi connectivity index (χ0v) is 18.1. The first-order chi connectivity index (χ1) is 14.8. The molecule has 4 rings (SSSR count). The maximum atomic E-state index is 6.27. The van der Waals surface area contributed by atoms with E-state index in [2.05, 4.69) is 40.7 Å². The van der Waals surface area contributed by atoms with Gasteiger partial charge in [0.25, 0.3) is 0 Å². The van der Waals surface area contributed by atoms with Crippen LogP contribution in [0, 0.1) is 0 Å². The molecule has 0 atom stereocenters.